The van der Waals surface area contributed by atoms with E-state index in [1.807, 2.05) is 0 Å². The van der Waals surface area contributed by atoms with Crippen LogP contribution in [0.1, 0.15) is 24.8 Å². The zero-order valence-corrected chi connectivity index (χ0v) is 14.6. The summed E-state index contributed by atoms with van der Waals surface area (Å²) in [5.41, 5.74) is 1.40. The molecule has 1 aliphatic rings. The summed E-state index contributed by atoms with van der Waals surface area (Å²) >= 11 is 0. The number of nitrogens with zero attached hydrogens (tertiary/aromatic N) is 1. The highest BCUT2D eigenvalue weighted by Crippen LogP contribution is 2.24. The van der Waals surface area contributed by atoms with E-state index in [-0.39, 0.29) is 16.4 Å². The molecule has 5 nitrogen and oxygen atoms in total. The number of piperidine rings is 1. The Morgan fingerprint density at radius 1 is 1.08 bits per heavy atom. The Kier molecular flexibility index (Phi) is 4.76. The number of hydrogen-bond donors (Lipinski definition) is 1. The van der Waals surface area contributed by atoms with Gasteiger partial charge in [-0.25, -0.2) is 12.8 Å². The molecule has 7 heteroatoms. The minimum Gasteiger partial charge on any atom is -0.312 e. The number of benzene rings is 2. The van der Waals surface area contributed by atoms with E-state index >= 15 is 0 Å². The van der Waals surface area contributed by atoms with E-state index in [0.29, 0.717) is 18.7 Å². The smallest absolute Gasteiger partial charge is 0.261 e. The van der Waals surface area contributed by atoms with Gasteiger partial charge in [0.25, 0.3) is 10.0 Å². The fourth-order valence-electron chi connectivity index (χ4n) is 2.79. The molecule has 0 atom stereocenters. The summed E-state index contributed by atoms with van der Waals surface area (Å²) in [7, 11) is -3.80. The molecule has 0 unspecified atom stereocenters. The number of hydrogen-bond acceptors (Lipinski definition) is 3. The average Bonchev–Trinajstić information content (AvgIpc) is 2.58. The van der Waals surface area contributed by atoms with Gasteiger partial charge in [0.15, 0.2) is 0 Å². The van der Waals surface area contributed by atoms with Crippen LogP contribution in [0, 0.1) is 12.7 Å². The lowest BCUT2D eigenvalue weighted by Gasteiger charge is -2.26. The second kappa shape index (κ2) is 6.84. The van der Waals surface area contributed by atoms with Crippen LogP contribution >= 0.6 is 0 Å². The van der Waals surface area contributed by atoms with E-state index in [9.17, 15) is 17.6 Å². The fraction of sp³-hybridized carbons (Fsp3) is 0.278. The first-order valence-electron chi connectivity index (χ1n) is 8.06. The summed E-state index contributed by atoms with van der Waals surface area (Å²) < 4.78 is 40.6. The predicted octanol–water partition coefficient (Wildman–Crippen LogP) is 3.45. The van der Waals surface area contributed by atoms with Crippen LogP contribution in [0.5, 0.6) is 0 Å². The maximum Gasteiger partial charge on any atom is 0.261 e. The van der Waals surface area contributed by atoms with Crippen molar-refractivity contribution in [1.29, 1.82) is 0 Å². The summed E-state index contributed by atoms with van der Waals surface area (Å²) in [6.45, 7) is 2.19. The molecule has 25 heavy (non-hydrogen) atoms. The van der Waals surface area contributed by atoms with E-state index in [1.54, 1.807) is 29.2 Å². The van der Waals surface area contributed by atoms with Crippen molar-refractivity contribution in [2.45, 2.75) is 31.1 Å². The normalized spacial score (nSPS) is 15.3. The number of anilines is 2. The molecule has 0 aromatic heterocycles. The summed E-state index contributed by atoms with van der Waals surface area (Å²) in [4.78, 5) is 13.7. The van der Waals surface area contributed by atoms with Crippen LogP contribution in [-0.4, -0.2) is 20.9 Å². The predicted molar refractivity (Wildman–Crippen MR) is 94.6 cm³/mol. The molecule has 1 heterocycles. The molecule has 0 bridgehead atoms. The Morgan fingerprint density at radius 3 is 2.44 bits per heavy atom. The van der Waals surface area contributed by atoms with Crippen molar-refractivity contribution in [2.75, 3.05) is 16.2 Å². The van der Waals surface area contributed by atoms with Crippen LogP contribution in [0.25, 0.3) is 0 Å². The average molecular weight is 362 g/mol. The van der Waals surface area contributed by atoms with Crippen LogP contribution in [0.4, 0.5) is 15.8 Å². The highest BCUT2D eigenvalue weighted by Gasteiger charge is 2.20. The number of halogens is 1. The van der Waals surface area contributed by atoms with Gasteiger partial charge in [-0.3, -0.25) is 9.52 Å². The standard InChI is InChI=1S/C18H19FN2O3S/c1-13-12-16(9-10-17(13)19)25(23,24)20-14-5-7-15(8-6-14)21-11-3-2-4-18(21)22/h5-10,12,20H,2-4,11H2,1H3. The first-order chi connectivity index (χ1) is 11.9. The summed E-state index contributed by atoms with van der Waals surface area (Å²) in [6.07, 6.45) is 2.41. The van der Waals surface area contributed by atoms with Crippen molar-refractivity contribution in [3.8, 4) is 0 Å². The van der Waals surface area contributed by atoms with E-state index < -0.39 is 15.8 Å². The molecule has 0 spiro atoms. The van der Waals surface area contributed by atoms with Gasteiger partial charge in [0.1, 0.15) is 5.82 Å². The third-order valence-electron chi connectivity index (χ3n) is 4.19. The Morgan fingerprint density at radius 2 is 1.80 bits per heavy atom. The second-order valence-corrected chi connectivity index (χ2v) is 7.75. The van der Waals surface area contributed by atoms with Gasteiger partial charge in [-0.15, -0.1) is 0 Å². The van der Waals surface area contributed by atoms with Crippen molar-refractivity contribution in [3.05, 3.63) is 53.8 Å². The number of sulfonamides is 1. The second-order valence-electron chi connectivity index (χ2n) is 6.07. The molecule has 1 amide bonds. The molecule has 1 aliphatic heterocycles. The van der Waals surface area contributed by atoms with Crippen molar-refractivity contribution in [2.24, 2.45) is 0 Å². The molecule has 0 saturated carbocycles. The molecule has 132 valence electrons. The van der Waals surface area contributed by atoms with Crippen molar-refractivity contribution in [1.82, 2.24) is 0 Å². The molecule has 0 aliphatic carbocycles. The monoisotopic (exact) mass is 362 g/mol. The number of nitrogens with one attached hydrogen (secondary N) is 1. The third kappa shape index (κ3) is 3.82. The van der Waals surface area contributed by atoms with Crippen LogP contribution < -0.4 is 9.62 Å². The lowest BCUT2D eigenvalue weighted by atomic mass is 10.1. The van der Waals surface area contributed by atoms with Gasteiger partial charge in [-0.1, -0.05) is 0 Å². The lowest BCUT2D eigenvalue weighted by Crippen LogP contribution is -2.35. The minimum absolute atomic E-state index is 0.00156. The summed E-state index contributed by atoms with van der Waals surface area (Å²) in [5, 5.41) is 0. The highest BCUT2D eigenvalue weighted by atomic mass is 32.2. The third-order valence-corrected chi connectivity index (χ3v) is 5.57. The number of aryl methyl sites for hydroxylation is 1. The van der Waals surface area contributed by atoms with Gasteiger partial charge >= 0.3 is 0 Å². The largest absolute Gasteiger partial charge is 0.312 e. The molecular formula is C18H19FN2O3S. The quantitative estimate of drug-likeness (QED) is 0.906. The van der Waals surface area contributed by atoms with Crippen LogP contribution in [0.15, 0.2) is 47.4 Å². The molecule has 1 N–H and O–H groups in total. The van der Waals surface area contributed by atoms with Gasteiger partial charge in [0, 0.05) is 24.3 Å². The molecule has 1 saturated heterocycles. The topological polar surface area (TPSA) is 66.5 Å². The SMILES string of the molecule is Cc1cc(S(=O)(=O)Nc2ccc(N3CCCCC3=O)cc2)ccc1F. The zero-order chi connectivity index (χ0) is 18.0. The van der Waals surface area contributed by atoms with Gasteiger partial charge < -0.3 is 4.90 Å². The maximum absolute atomic E-state index is 13.3. The van der Waals surface area contributed by atoms with Crippen LogP contribution in [0.3, 0.4) is 0 Å². The molecule has 2 aromatic rings. The van der Waals surface area contributed by atoms with Crippen molar-refractivity contribution in [3.63, 3.8) is 0 Å². The molecule has 2 aromatic carbocycles. The number of carbonyl (C=O) groups is 1. The molecular weight excluding hydrogens is 343 g/mol. The summed E-state index contributed by atoms with van der Waals surface area (Å²) in [5.74, 6) is -0.365. The Balaban J connectivity index is 1.78. The first kappa shape index (κ1) is 17.4. The Labute approximate surface area is 146 Å². The highest BCUT2D eigenvalue weighted by molar-refractivity contribution is 7.92. The number of carbonyl (C=O) groups excluding carboxylic acids is 1. The van der Waals surface area contributed by atoms with E-state index in [2.05, 4.69) is 4.72 Å². The molecule has 1 fully saturated rings. The van der Waals surface area contributed by atoms with Gasteiger partial charge in [0.05, 0.1) is 4.90 Å². The van der Waals surface area contributed by atoms with E-state index in [0.717, 1.165) is 24.6 Å². The van der Waals surface area contributed by atoms with Crippen molar-refractivity contribution < 1.29 is 17.6 Å². The van der Waals surface area contributed by atoms with Crippen LogP contribution in [-0.2, 0) is 14.8 Å². The van der Waals surface area contributed by atoms with E-state index in [4.69, 9.17) is 0 Å². The van der Waals surface area contributed by atoms with Crippen LogP contribution in [0.2, 0.25) is 0 Å². The minimum atomic E-state index is -3.80. The molecule has 0 radical (unpaired) electrons. The van der Waals surface area contributed by atoms with Crippen molar-refractivity contribution >= 4 is 27.3 Å². The number of amides is 1. The Hall–Kier alpha value is -2.41. The first-order valence-corrected chi connectivity index (χ1v) is 9.54. The van der Waals surface area contributed by atoms with Gasteiger partial charge in [0.2, 0.25) is 5.91 Å². The number of rotatable bonds is 4. The lowest BCUT2D eigenvalue weighted by molar-refractivity contribution is -0.119. The summed E-state index contributed by atoms with van der Waals surface area (Å²) in [6, 6.07) is 10.3. The van der Waals surface area contributed by atoms with E-state index in [1.165, 1.54) is 19.1 Å². The zero-order valence-electron chi connectivity index (χ0n) is 13.8. The van der Waals surface area contributed by atoms with Gasteiger partial charge in [-0.2, -0.15) is 0 Å². The molecule has 3 rings (SSSR count). The van der Waals surface area contributed by atoms with Gasteiger partial charge in [-0.05, 0) is 67.8 Å². The fourth-order valence-corrected chi connectivity index (χ4v) is 3.93. The maximum atomic E-state index is 13.3. The Bertz CT molecular complexity index is 895.